The molecule has 1 heteroatoms. The van der Waals surface area contributed by atoms with Gasteiger partial charge in [0.15, 0.2) is 4.90 Å². The van der Waals surface area contributed by atoms with Crippen LogP contribution >= 0.6 is 0 Å². The van der Waals surface area contributed by atoms with Crippen molar-refractivity contribution in [3.63, 3.8) is 0 Å². The van der Waals surface area contributed by atoms with E-state index >= 15 is 0 Å². The van der Waals surface area contributed by atoms with Crippen molar-refractivity contribution in [3.05, 3.63) is 29.8 Å². The molecule has 0 aliphatic carbocycles. The van der Waals surface area contributed by atoms with Gasteiger partial charge in [-0.05, 0) is 61.6 Å². The lowest BCUT2D eigenvalue weighted by Gasteiger charge is -2.34. The summed E-state index contributed by atoms with van der Waals surface area (Å²) in [7, 11) is 0.561. The minimum atomic E-state index is 0.282. The third-order valence-electron chi connectivity index (χ3n) is 4.82. The van der Waals surface area contributed by atoms with E-state index in [1.165, 1.54) is 44.1 Å². The predicted octanol–water partition coefficient (Wildman–Crippen LogP) is 5.07. The van der Waals surface area contributed by atoms with Gasteiger partial charge in [0, 0.05) is 10.9 Å². The molecule has 0 saturated carbocycles. The van der Waals surface area contributed by atoms with Gasteiger partial charge in [0.05, 0.1) is 0 Å². The Balaban J connectivity index is 1.85. The summed E-state index contributed by atoms with van der Waals surface area (Å²) >= 11 is 0. The lowest BCUT2D eigenvalue weighted by molar-refractivity contribution is 0.481. The summed E-state index contributed by atoms with van der Waals surface area (Å²) in [4.78, 5) is 1.66. The highest BCUT2D eigenvalue weighted by Crippen LogP contribution is 2.42. The van der Waals surface area contributed by atoms with Crippen LogP contribution in [0.3, 0.4) is 0 Å². The van der Waals surface area contributed by atoms with Gasteiger partial charge in [0.2, 0.25) is 0 Å². The van der Waals surface area contributed by atoms with Gasteiger partial charge in [-0.25, -0.2) is 0 Å². The van der Waals surface area contributed by atoms with Crippen LogP contribution in [0, 0.1) is 0 Å². The first-order valence-electron chi connectivity index (χ1n) is 7.88. The third-order valence-corrected chi connectivity index (χ3v) is 8.01. The summed E-state index contributed by atoms with van der Waals surface area (Å²) in [6, 6.07) is 9.65. The molecule has 2 fully saturated rings. The second-order valence-corrected chi connectivity index (χ2v) is 9.80. The van der Waals surface area contributed by atoms with Crippen LogP contribution in [0.5, 0.6) is 0 Å². The maximum absolute atomic E-state index is 2.44. The zero-order valence-corrected chi connectivity index (χ0v) is 13.4. The Hall–Kier alpha value is -0.430. The second kappa shape index (κ2) is 5.16. The number of hydrogen-bond acceptors (Lipinski definition) is 0. The SMILES string of the molecule is CC(C)(C)c1ccc([S+]2C3CCCC2CCC3)cc1. The van der Waals surface area contributed by atoms with E-state index in [4.69, 9.17) is 0 Å². The molecule has 104 valence electrons. The summed E-state index contributed by atoms with van der Waals surface area (Å²) in [6.07, 6.45) is 8.92. The Kier molecular flexibility index (Phi) is 3.68. The topological polar surface area (TPSA) is 0 Å². The molecule has 0 amide bonds. The van der Waals surface area contributed by atoms with E-state index in [1.807, 2.05) is 0 Å². The lowest BCUT2D eigenvalue weighted by atomic mass is 9.87. The summed E-state index contributed by atoms with van der Waals surface area (Å²) in [5.74, 6) is 0. The van der Waals surface area contributed by atoms with Gasteiger partial charge in [-0.3, -0.25) is 0 Å². The highest BCUT2D eigenvalue weighted by molar-refractivity contribution is 7.98. The van der Waals surface area contributed by atoms with Crippen LogP contribution in [0.2, 0.25) is 0 Å². The van der Waals surface area contributed by atoms with Crippen molar-refractivity contribution in [3.8, 4) is 0 Å². The van der Waals surface area contributed by atoms with E-state index in [0.29, 0.717) is 10.9 Å². The average Bonchev–Trinajstić information content (AvgIpc) is 2.37. The predicted molar refractivity (Wildman–Crippen MR) is 86.1 cm³/mol. The third kappa shape index (κ3) is 2.72. The van der Waals surface area contributed by atoms with Crippen LogP contribution in [0.1, 0.15) is 64.9 Å². The van der Waals surface area contributed by atoms with Crippen molar-refractivity contribution in [2.24, 2.45) is 0 Å². The fourth-order valence-corrected chi connectivity index (χ4v) is 7.16. The van der Waals surface area contributed by atoms with E-state index in [2.05, 4.69) is 45.0 Å². The van der Waals surface area contributed by atoms with Gasteiger partial charge in [-0.15, -0.1) is 0 Å². The summed E-state index contributed by atoms with van der Waals surface area (Å²) in [6.45, 7) is 6.92. The molecule has 0 spiro atoms. The molecule has 2 aliphatic heterocycles. The molecule has 0 nitrogen and oxygen atoms in total. The van der Waals surface area contributed by atoms with Crippen molar-refractivity contribution >= 4 is 10.9 Å². The van der Waals surface area contributed by atoms with Crippen LogP contribution in [-0.2, 0) is 16.3 Å². The molecular formula is C18H27S+. The Labute approximate surface area is 121 Å². The van der Waals surface area contributed by atoms with E-state index in [0.717, 1.165) is 10.5 Å². The summed E-state index contributed by atoms with van der Waals surface area (Å²) < 4.78 is 0. The maximum Gasteiger partial charge on any atom is 0.155 e. The zero-order valence-electron chi connectivity index (χ0n) is 12.6. The summed E-state index contributed by atoms with van der Waals surface area (Å²) in [5, 5.41) is 2.01. The fourth-order valence-electron chi connectivity index (χ4n) is 3.71. The van der Waals surface area contributed by atoms with E-state index in [-0.39, 0.29) is 5.41 Å². The van der Waals surface area contributed by atoms with Gasteiger partial charge in [0.25, 0.3) is 0 Å². The molecule has 2 aliphatic rings. The quantitative estimate of drug-likeness (QED) is 0.628. The summed E-state index contributed by atoms with van der Waals surface area (Å²) in [5.41, 5.74) is 1.76. The molecule has 2 bridgehead atoms. The lowest BCUT2D eigenvalue weighted by Crippen LogP contribution is -2.40. The largest absolute Gasteiger partial charge is 0.155 e. The van der Waals surface area contributed by atoms with E-state index in [1.54, 1.807) is 4.90 Å². The first kappa shape index (κ1) is 13.5. The Morgan fingerprint density at radius 3 is 1.74 bits per heavy atom. The molecule has 19 heavy (non-hydrogen) atoms. The Morgan fingerprint density at radius 1 is 0.842 bits per heavy atom. The van der Waals surface area contributed by atoms with Crippen LogP contribution in [-0.4, -0.2) is 10.5 Å². The van der Waals surface area contributed by atoms with Crippen LogP contribution in [0.4, 0.5) is 0 Å². The van der Waals surface area contributed by atoms with Crippen LogP contribution in [0.25, 0.3) is 0 Å². The van der Waals surface area contributed by atoms with Crippen molar-refractivity contribution in [1.82, 2.24) is 0 Å². The molecule has 3 rings (SSSR count). The molecule has 0 radical (unpaired) electrons. The molecule has 2 saturated heterocycles. The van der Waals surface area contributed by atoms with Crippen molar-refractivity contribution in [2.45, 2.75) is 80.1 Å². The number of rotatable bonds is 1. The van der Waals surface area contributed by atoms with Gasteiger partial charge in [0.1, 0.15) is 10.5 Å². The van der Waals surface area contributed by atoms with Crippen LogP contribution < -0.4 is 0 Å². The molecule has 2 heterocycles. The second-order valence-electron chi connectivity index (χ2n) is 7.25. The number of benzene rings is 1. The monoisotopic (exact) mass is 275 g/mol. The Morgan fingerprint density at radius 2 is 1.32 bits per heavy atom. The van der Waals surface area contributed by atoms with Crippen molar-refractivity contribution < 1.29 is 0 Å². The van der Waals surface area contributed by atoms with Gasteiger partial charge in [-0.1, -0.05) is 32.9 Å². The molecule has 0 unspecified atom stereocenters. The van der Waals surface area contributed by atoms with Gasteiger partial charge < -0.3 is 0 Å². The fraction of sp³-hybridized carbons (Fsp3) is 0.667. The Bertz CT molecular complexity index is 404. The normalized spacial score (nSPS) is 31.2. The van der Waals surface area contributed by atoms with Gasteiger partial charge >= 0.3 is 0 Å². The highest BCUT2D eigenvalue weighted by atomic mass is 32.2. The van der Waals surface area contributed by atoms with Gasteiger partial charge in [-0.2, -0.15) is 0 Å². The molecule has 1 aromatic carbocycles. The first-order valence-corrected chi connectivity index (χ1v) is 9.23. The maximum atomic E-state index is 2.44. The first-order chi connectivity index (χ1) is 9.05. The zero-order chi connectivity index (χ0) is 13.5. The van der Waals surface area contributed by atoms with Crippen molar-refractivity contribution in [2.75, 3.05) is 0 Å². The smallest absolute Gasteiger partial charge is 0.0561 e. The minimum Gasteiger partial charge on any atom is -0.0561 e. The highest BCUT2D eigenvalue weighted by Gasteiger charge is 2.45. The molecule has 0 atom stereocenters. The number of hydrogen-bond donors (Lipinski definition) is 0. The average molecular weight is 275 g/mol. The van der Waals surface area contributed by atoms with E-state index < -0.39 is 0 Å². The number of fused-ring (bicyclic) bond motifs is 2. The molecule has 0 N–H and O–H groups in total. The standard InChI is InChI=1S/C18H27S/c1-18(2,3)14-10-12-17(13-11-14)19-15-6-4-7-16(19)9-5-8-15/h10-13,15-16H,4-9H2,1-3H3/q+1. The minimum absolute atomic E-state index is 0.282. The van der Waals surface area contributed by atoms with Crippen molar-refractivity contribution in [1.29, 1.82) is 0 Å². The van der Waals surface area contributed by atoms with E-state index in [9.17, 15) is 0 Å². The van der Waals surface area contributed by atoms with Crippen LogP contribution in [0.15, 0.2) is 29.2 Å². The molecule has 1 aromatic rings. The molecule has 0 aromatic heterocycles. The molecular weight excluding hydrogens is 248 g/mol.